The van der Waals surface area contributed by atoms with Gasteiger partial charge >= 0.3 is 0 Å². The van der Waals surface area contributed by atoms with Crippen LogP contribution in [0, 0.1) is 23.0 Å². The van der Waals surface area contributed by atoms with E-state index in [2.05, 4.69) is 20.7 Å². The summed E-state index contributed by atoms with van der Waals surface area (Å²) in [6.07, 6.45) is 1.59. The van der Waals surface area contributed by atoms with Crippen LogP contribution in [0.1, 0.15) is 17.7 Å². The van der Waals surface area contributed by atoms with Crippen LogP contribution in [-0.2, 0) is 27.9 Å². The summed E-state index contributed by atoms with van der Waals surface area (Å²) in [5.41, 5.74) is 1.09. The van der Waals surface area contributed by atoms with Gasteiger partial charge in [0.05, 0.1) is 0 Å². The highest BCUT2D eigenvalue weighted by Gasteiger charge is 2.31. The van der Waals surface area contributed by atoms with Gasteiger partial charge in [-0.25, -0.2) is 17.2 Å². The third-order valence-corrected chi connectivity index (χ3v) is 7.83. The van der Waals surface area contributed by atoms with E-state index in [9.17, 15) is 27.3 Å². The van der Waals surface area contributed by atoms with Gasteiger partial charge in [-0.1, -0.05) is 23.7 Å². The minimum atomic E-state index is -4.58. The van der Waals surface area contributed by atoms with Gasteiger partial charge in [-0.05, 0) is 58.2 Å². The summed E-state index contributed by atoms with van der Waals surface area (Å²) >= 11 is 8.79. The van der Waals surface area contributed by atoms with Crippen LogP contribution in [-0.4, -0.2) is 36.9 Å². The normalized spacial score (nSPS) is 12.2. The second-order valence-electron chi connectivity index (χ2n) is 7.68. The van der Waals surface area contributed by atoms with E-state index < -0.39 is 38.5 Å². The quantitative estimate of drug-likeness (QED) is 0.402. The minimum absolute atomic E-state index is 0.0349. The topological polar surface area (TPSA) is 95.2 Å². The van der Waals surface area contributed by atoms with Gasteiger partial charge < -0.3 is 9.47 Å². The van der Waals surface area contributed by atoms with E-state index in [0.717, 1.165) is 11.6 Å². The molecule has 0 aliphatic carbocycles. The molecule has 0 aliphatic rings. The highest BCUT2D eigenvalue weighted by molar-refractivity contribution is 9.10. The van der Waals surface area contributed by atoms with Gasteiger partial charge in [0.2, 0.25) is 15.9 Å². The van der Waals surface area contributed by atoms with Crippen LogP contribution in [0.25, 0.3) is 0 Å². The van der Waals surface area contributed by atoms with Crippen molar-refractivity contribution in [3.63, 3.8) is 0 Å². The molecule has 35 heavy (non-hydrogen) atoms. The summed E-state index contributed by atoms with van der Waals surface area (Å²) in [5, 5.41) is 9.76. The fraction of sp³-hybridized carbons (Fsp3) is 0.217. The van der Waals surface area contributed by atoms with Crippen molar-refractivity contribution in [2.24, 2.45) is 0 Å². The molecule has 0 radical (unpaired) electrons. The van der Waals surface area contributed by atoms with Crippen LogP contribution in [0.4, 0.5) is 8.78 Å². The number of sulfonamides is 1. The Bertz CT molecular complexity index is 1350. The van der Waals surface area contributed by atoms with Crippen molar-refractivity contribution in [3.05, 3.63) is 87.1 Å². The Labute approximate surface area is 215 Å². The summed E-state index contributed by atoms with van der Waals surface area (Å²) in [6.45, 7) is 0.298. The first-order valence-corrected chi connectivity index (χ1v) is 12.9. The Morgan fingerprint density at radius 2 is 1.94 bits per heavy atom. The number of aryl methyl sites for hydroxylation is 1. The molecule has 0 saturated heterocycles. The average Bonchev–Trinajstić information content (AvgIpc) is 3.24. The number of nitrogens with one attached hydrogen (secondary N) is 1. The second-order valence-corrected chi connectivity index (χ2v) is 10.6. The van der Waals surface area contributed by atoms with E-state index in [1.807, 2.05) is 6.07 Å². The zero-order valence-electron chi connectivity index (χ0n) is 18.4. The SMILES string of the molecule is CN(Cc1ccc(Cl)cc1)C(=O)C(CCn1cccc1C#N)NS(=O)(=O)c1c(F)cc(F)cc1Br. The molecule has 2 aromatic carbocycles. The number of hydrogen-bond donors (Lipinski definition) is 1. The molecule has 3 rings (SSSR count). The number of aromatic nitrogens is 1. The van der Waals surface area contributed by atoms with Gasteiger partial charge in [-0.2, -0.15) is 9.98 Å². The maximum Gasteiger partial charge on any atom is 0.245 e. The van der Waals surface area contributed by atoms with Gasteiger partial charge in [-0.15, -0.1) is 0 Å². The summed E-state index contributed by atoms with van der Waals surface area (Å²) in [6, 6.07) is 12.0. The Morgan fingerprint density at radius 1 is 1.26 bits per heavy atom. The van der Waals surface area contributed by atoms with Crippen molar-refractivity contribution in [1.29, 1.82) is 5.26 Å². The number of halogens is 4. The first-order chi connectivity index (χ1) is 16.5. The van der Waals surface area contributed by atoms with Gasteiger partial charge in [0.15, 0.2) is 0 Å². The Balaban J connectivity index is 1.89. The fourth-order valence-electron chi connectivity index (χ4n) is 3.45. The minimum Gasteiger partial charge on any atom is -0.340 e. The Kier molecular flexibility index (Phi) is 8.66. The first-order valence-electron chi connectivity index (χ1n) is 10.2. The molecule has 1 unspecified atom stereocenters. The maximum atomic E-state index is 14.4. The molecule has 1 atom stereocenters. The molecule has 1 N–H and O–H groups in total. The van der Waals surface area contributed by atoms with Gasteiger partial charge in [0, 0.05) is 41.9 Å². The largest absolute Gasteiger partial charge is 0.340 e. The molecule has 0 aliphatic heterocycles. The lowest BCUT2D eigenvalue weighted by Gasteiger charge is -2.25. The van der Waals surface area contributed by atoms with E-state index in [0.29, 0.717) is 16.8 Å². The number of rotatable bonds is 9. The van der Waals surface area contributed by atoms with Gasteiger partial charge in [0.1, 0.15) is 34.3 Å². The molecule has 0 bridgehead atoms. The van der Waals surface area contributed by atoms with Crippen molar-refractivity contribution in [2.75, 3.05) is 7.05 Å². The molecule has 1 heterocycles. The number of hydrogen-bond acceptors (Lipinski definition) is 4. The van der Waals surface area contributed by atoms with Crippen molar-refractivity contribution in [2.45, 2.75) is 30.4 Å². The third-order valence-electron chi connectivity index (χ3n) is 5.14. The monoisotopic (exact) mass is 584 g/mol. The third kappa shape index (κ3) is 6.67. The summed E-state index contributed by atoms with van der Waals surface area (Å²) < 4.78 is 57.5. The lowest BCUT2D eigenvalue weighted by Crippen LogP contribution is -2.47. The predicted octanol–water partition coefficient (Wildman–Crippen LogP) is 4.45. The molecule has 0 fully saturated rings. The molecule has 7 nitrogen and oxygen atoms in total. The molecule has 1 amide bonds. The average molecular weight is 586 g/mol. The van der Waals surface area contributed by atoms with Crippen LogP contribution in [0.15, 0.2) is 64.1 Å². The number of amides is 1. The summed E-state index contributed by atoms with van der Waals surface area (Å²) in [4.78, 5) is 13.8. The van der Waals surface area contributed by atoms with E-state index in [1.54, 1.807) is 47.2 Å². The number of nitriles is 1. The van der Waals surface area contributed by atoms with E-state index >= 15 is 0 Å². The Hall–Kier alpha value is -2.78. The van der Waals surface area contributed by atoms with Crippen molar-refractivity contribution in [1.82, 2.24) is 14.2 Å². The summed E-state index contributed by atoms with van der Waals surface area (Å²) in [5.74, 6) is -2.84. The number of nitrogens with zero attached hydrogens (tertiary/aromatic N) is 3. The standard InChI is InChI=1S/C23H20BrClF2N4O3S/c1-30(14-15-4-6-16(25)7-5-15)23(32)21(8-10-31-9-2-3-18(31)13-28)29-35(33,34)22-19(24)11-17(26)12-20(22)27/h2-7,9,11-12,21,29H,8,10,14H2,1H3. The first kappa shape index (κ1) is 26.8. The molecular weight excluding hydrogens is 566 g/mol. The number of benzene rings is 2. The molecule has 12 heteroatoms. The predicted molar refractivity (Wildman–Crippen MR) is 130 cm³/mol. The second kappa shape index (κ2) is 11.3. The van der Waals surface area contributed by atoms with E-state index in [1.165, 1.54) is 11.9 Å². The van der Waals surface area contributed by atoms with E-state index in [4.69, 9.17) is 11.6 Å². The van der Waals surface area contributed by atoms with Crippen molar-refractivity contribution >= 4 is 43.5 Å². The van der Waals surface area contributed by atoms with Crippen LogP contribution in [0.3, 0.4) is 0 Å². The van der Waals surface area contributed by atoms with Crippen LogP contribution in [0.2, 0.25) is 5.02 Å². The Morgan fingerprint density at radius 3 is 2.57 bits per heavy atom. The number of carbonyl (C=O) groups excluding carboxylic acids is 1. The molecular formula is C23H20BrClF2N4O3S. The van der Waals surface area contributed by atoms with Crippen LogP contribution in [0.5, 0.6) is 0 Å². The van der Waals surface area contributed by atoms with Gasteiger partial charge in [-0.3, -0.25) is 4.79 Å². The van der Waals surface area contributed by atoms with Crippen LogP contribution < -0.4 is 4.72 Å². The molecule has 0 saturated carbocycles. The molecule has 3 aromatic rings. The summed E-state index contributed by atoms with van der Waals surface area (Å²) in [7, 11) is -3.08. The number of likely N-dealkylation sites (N-methyl/N-ethyl adjacent to an activating group) is 1. The zero-order chi connectivity index (χ0) is 25.8. The molecule has 0 spiro atoms. The number of carbonyl (C=O) groups is 1. The molecule has 184 valence electrons. The maximum absolute atomic E-state index is 14.4. The fourth-order valence-corrected chi connectivity index (χ4v) is 5.97. The van der Waals surface area contributed by atoms with Gasteiger partial charge in [0.25, 0.3) is 0 Å². The lowest BCUT2D eigenvalue weighted by atomic mass is 10.1. The van der Waals surface area contributed by atoms with Crippen molar-refractivity contribution in [3.8, 4) is 6.07 Å². The molecule has 1 aromatic heterocycles. The van der Waals surface area contributed by atoms with Crippen LogP contribution >= 0.6 is 27.5 Å². The highest BCUT2D eigenvalue weighted by atomic mass is 79.9. The van der Waals surface area contributed by atoms with E-state index in [-0.39, 0.29) is 24.0 Å². The highest BCUT2D eigenvalue weighted by Crippen LogP contribution is 2.27. The smallest absolute Gasteiger partial charge is 0.245 e. The lowest BCUT2D eigenvalue weighted by molar-refractivity contribution is -0.132. The zero-order valence-corrected chi connectivity index (χ0v) is 21.5. The van der Waals surface area contributed by atoms with Crippen molar-refractivity contribution < 1.29 is 22.0 Å².